The molecule has 0 radical (unpaired) electrons. The van der Waals surface area contributed by atoms with Gasteiger partial charge in [0.25, 0.3) is 5.91 Å². The average molecular weight is 537 g/mol. The van der Waals surface area contributed by atoms with Crippen LogP contribution in [0.1, 0.15) is 78.0 Å². The summed E-state index contributed by atoms with van der Waals surface area (Å²) in [6, 6.07) is 24.8. The molecule has 1 aliphatic heterocycles. The van der Waals surface area contributed by atoms with Gasteiger partial charge in [0.2, 0.25) is 0 Å². The molecular formula is C34H40N4O2. The van der Waals surface area contributed by atoms with E-state index in [4.69, 9.17) is 4.74 Å². The fourth-order valence-electron chi connectivity index (χ4n) is 5.71. The van der Waals surface area contributed by atoms with Crippen LogP contribution in [0.15, 0.2) is 79.0 Å². The third-order valence-electron chi connectivity index (χ3n) is 8.06. The Hall–Kier alpha value is -3.90. The minimum Gasteiger partial charge on any atom is -0.496 e. The molecule has 2 unspecified atom stereocenters. The van der Waals surface area contributed by atoms with Crippen molar-refractivity contribution < 1.29 is 9.53 Å². The first-order valence-electron chi connectivity index (χ1n) is 14.1. The van der Waals surface area contributed by atoms with Gasteiger partial charge in [0.05, 0.1) is 42.5 Å². The molecule has 6 heteroatoms. The molecule has 0 saturated carbocycles. The van der Waals surface area contributed by atoms with E-state index >= 15 is 0 Å². The number of aryl methyl sites for hydroxylation is 1. The second-order valence-electron chi connectivity index (χ2n) is 11.7. The zero-order valence-corrected chi connectivity index (χ0v) is 24.4. The molecule has 2 heterocycles. The fraction of sp³-hybridized carbons (Fsp3) is 0.353. The predicted molar refractivity (Wildman–Crippen MR) is 160 cm³/mol. The Morgan fingerprint density at radius 3 is 2.42 bits per heavy atom. The summed E-state index contributed by atoms with van der Waals surface area (Å²) in [5.74, 6) is 0.850. The summed E-state index contributed by atoms with van der Waals surface area (Å²) in [5.41, 5.74) is 7.10. The van der Waals surface area contributed by atoms with Gasteiger partial charge >= 0.3 is 0 Å². The number of ether oxygens (including phenoxy) is 1. The van der Waals surface area contributed by atoms with E-state index in [1.54, 1.807) is 13.3 Å². The first kappa shape index (κ1) is 27.7. The van der Waals surface area contributed by atoms with Gasteiger partial charge in [0.15, 0.2) is 0 Å². The van der Waals surface area contributed by atoms with Gasteiger partial charge < -0.3 is 9.64 Å². The van der Waals surface area contributed by atoms with Gasteiger partial charge in [-0.05, 0) is 60.9 Å². The Kier molecular flexibility index (Phi) is 7.81. The summed E-state index contributed by atoms with van der Waals surface area (Å²) in [6.07, 6.45) is 3.34. The van der Waals surface area contributed by atoms with Gasteiger partial charge in [-0.15, -0.1) is 0 Å². The minimum atomic E-state index is -0.123. The number of carbonyl (C=O) groups is 1. The number of rotatable bonds is 7. The van der Waals surface area contributed by atoms with Crippen LogP contribution in [-0.4, -0.2) is 33.9 Å². The van der Waals surface area contributed by atoms with E-state index < -0.39 is 0 Å². The summed E-state index contributed by atoms with van der Waals surface area (Å²) in [6.45, 7) is 11.3. The monoisotopic (exact) mass is 536 g/mol. The highest BCUT2D eigenvalue weighted by Crippen LogP contribution is 2.37. The van der Waals surface area contributed by atoms with Crippen molar-refractivity contribution in [2.75, 3.05) is 7.11 Å². The van der Waals surface area contributed by atoms with E-state index in [1.165, 1.54) is 5.56 Å². The van der Waals surface area contributed by atoms with E-state index in [1.807, 2.05) is 59.0 Å². The maximum atomic E-state index is 14.3. The highest BCUT2D eigenvalue weighted by Gasteiger charge is 2.39. The lowest BCUT2D eigenvalue weighted by Gasteiger charge is -2.31. The third-order valence-corrected chi connectivity index (χ3v) is 8.06. The number of methoxy groups -OCH3 is 1. The number of para-hydroxylation sites is 1. The maximum Gasteiger partial charge on any atom is 0.259 e. The number of likely N-dealkylation sites (tertiary alicyclic amines) is 1. The van der Waals surface area contributed by atoms with E-state index in [-0.39, 0.29) is 23.5 Å². The molecule has 0 bridgehead atoms. The van der Waals surface area contributed by atoms with E-state index in [0.29, 0.717) is 12.1 Å². The number of benzene rings is 3. The molecule has 5 rings (SSSR count). The summed E-state index contributed by atoms with van der Waals surface area (Å²) >= 11 is 0. The summed E-state index contributed by atoms with van der Waals surface area (Å²) < 4.78 is 7.58. The van der Waals surface area contributed by atoms with Crippen molar-refractivity contribution >= 4 is 5.91 Å². The number of nitrogens with zero attached hydrogens (tertiary/aromatic N) is 3. The normalized spacial score (nSPS) is 17.3. The van der Waals surface area contributed by atoms with Crippen LogP contribution < -0.4 is 10.1 Å². The fourth-order valence-corrected chi connectivity index (χ4v) is 5.71. The standard InChI is InChI=1S/C34H40N4O2/c1-23-12-10-11-15-29(23)38-24(2)28(22-36-38)33(39)37-30(25-13-8-7-9-14-25)17-19-32(37)35-21-26-20-27(34(3,4)5)16-18-31(26)40-6/h7-16,18,20,22,30,32,35H,17,19,21H2,1-6H3. The molecule has 6 nitrogen and oxygen atoms in total. The van der Waals surface area contributed by atoms with Crippen LogP contribution in [0, 0.1) is 13.8 Å². The van der Waals surface area contributed by atoms with Gasteiger partial charge in [-0.2, -0.15) is 5.10 Å². The summed E-state index contributed by atoms with van der Waals surface area (Å²) in [4.78, 5) is 16.3. The molecule has 1 fully saturated rings. The lowest BCUT2D eigenvalue weighted by atomic mass is 9.86. The second kappa shape index (κ2) is 11.3. The molecule has 1 amide bonds. The zero-order chi connectivity index (χ0) is 28.4. The Balaban J connectivity index is 1.47. The van der Waals surface area contributed by atoms with Crippen molar-refractivity contribution in [3.8, 4) is 11.4 Å². The third kappa shape index (κ3) is 5.41. The van der Waals surface area contributed by atoms with Gasteiger partial charge in [-0.1, -0.05) is 81.4 Å². The quantitative estimate of drug-likeness (QED) is 0.279. The van der Waals surface area contributed by atoms with Crippen molar-refractivity contribution in [2.45, 2.75) is 71.6 Å². The highest BCUT2D eigenvalue weighted by molar-refractivity contribution is 5.96. The molecule has 2 atom stereocenters. The van der Waals surface area contributed by atoms with Crippen molar-refractivity contribution in [1.82, 2.24) is 20.0 Å². The van der Waals surface area contributed by atoms with Crippen LogP contribution in [0.2, 0.25) is 0 Å². The largest absolute Gasteiger partial charge is 0.496 e. The van der Waals surface area contributed by atoms with Gasteiger partial charge in [0.1, 0.15) is 5.75 Å². The molecule has 1 N–H and O–H groups in total. The molecule has 1 aliphatic rings. The summed E-state index contributed by atoms with van der Waals surface area (Å²) in [7, 11) is 1.71. The SMILES string of the molecule is COc1ccc(C(C)(C)C)cc1CNC1CCC(c2ccccc2)N1C(=O)c1cnn(-c2ccccc2C)c1C. The average Bonchev–Trinajstić information content (AvgIpc) is 3.55. The van der Waals surface area contributed by atoms with E-state index in [9.17, 15) is 4.79 Å². The Labute approximate surface area is 238 Å². The Bertz CT molecular complexity index is 1490. The second-order valence-corrected chi connectivity index (χ2v) is 11.7. The Morgan fingerprint density at radius 1 is 1.00 bits per heavy atom. The summed E-state index contributed by atoms with van der Waals surface area (Å²) in [5, 5.41) is 8.36. The topological polar surface area (TPSA) is 59.4 Å². The predicted octanol–water partition coefficient (Wildman–Crippen LogP) is 6.89. The molecule has 1 aromatic heterocycles. The number of carbonyl (C=O) groups excluding carboxylic acids is 1. The van der Waals surface area contributed by atoms with Crippen LogP contribution in [0.3, 0.4) is 0 Å². The number of amides is 1. The molecule has 1 saturated heterocycles. The van der Waals surface area contributed by atoms with Crippen molar-refractivity contribution in [3.05, 3.63) is 113 Å². The van der Waals surface area contributed by atoms with E-state index in [0.717, 1.165) is 46.7 Å². The number of nitrogens with one attached hydrogen (secondary N) is 1. The number of hydrogen-bond acceptors (Lipinski definition) is 4. The Morgan fingerprint density at radius 2 is 1.73 bits per heavy atom. The van der Waals surface area contributed by atoms with Crippen LogP contribution in [0.25, 0.3) is 5.69 Å². The molecular weight excluding hydrogens is 496 g/mol. The molecule has 0 spiro atoms. The minimum absolute atomic E-state index is 0.00315. The first-order chi connectivity index (χ1) is 19.2. The van der Waals surface area contributed by atoms with Crippen LogP contribution >= 0.6 is 0 Å². The van der Waals surface area contributed by atoms with Crippen LogP contribution in [-0.2, 0) is 12.0 Å². The molecule has 3 aromatic carbocycles. The van der Waals surface area contributed by atoms with Gasteiger partial charge in [0, 0.05) is 12.1 Å². The van der Waals surface area contributed by atoms with Crippen LogP contribution in [0.5, 0.6) is 5.75 Å². The highest BCUT2D eigenvalue weighted by atomic mass is 16.5. The molecule has 208 valence electrons. The van der Waals surface area contributed by atoms with Crippen LogP contribution in [0.4, 0.5) is 0 Å². The molecule has 0 aliphatic carbocycles. The van der Waals surface area contributed by atoms with Crippen molar-refractivity contribution in [3.63, 3.8) is 0 Å². The molecule has 40 heavy (non-hydrogen) atoms. The number of hydrogen-bond donors (Lipinski definition) is 1. The van der Waals surface area contributed by atoms with Gasteiger partial charge in [-0.25, -0.2) is 4.68 Å². The zero-order valence-electron chi connectivity index (χ0n) is 24.4. The van der Waals surface area contributed by atoms with Crippen molar-refractivity contribution in [2.24, 2.45) is 0 Å². The maximum absolute atomic E-state index is 14.3. The van der Waals surface area contributed by atoms with E-state index in [2.05, 4.69) is 68.4 Å². The van der Waals surface area contributed by atoms with Crippen molar-refractivity contribution in [1.29, 1.82) is 0 Å². The number of aromatic nitrogens is 2. The van der Waals surface area contributed by atoms with Gasteiger partial charge in [-0.3, -0.25) is 10.1 Å². The lowest BCUT2D eigenvalue weighted by molar-refractivity contribution is 0.0631. The lowest BCUT2D eigenvalue weighted by Crippen LogP contribution is -2.45. The smallest absolute Gasteiger partial charge is 0.259 e. The molecule has 4 aromatic rings. The first-order valence-corrected chi connectivity index (χ1v) is 14.1.